The monoisotopic (exact) mass is 428 g/mol. The molecular formula is C19H24Cl2N3O4+. The average Bonchev–Trinajstić information content (AvgIpc) is 2.98. The first-order chi connectivity index (χ1) is 13.2. The molecule has 9 heteroatoms. The molecule has 2 atom stereocenters. The first-order valence-corrected chi connectivity index (χ1v) is 9.63. The molecule has 0 radical (unpaired) electrons. The minimum Gasteiger partial charge on any atom is -0.480 e. The zero-order valence-corrected chi connectivity index (χ0v) is 17.2. The highest BCUT2D eigenvalue weighted by molar-refractivity contribution is 6.34. The summed E-state index contributed by atoms with van der Waals surface area (Å²) < 4.78 is 1.85. The quantitative estimate of drug-likeness (QED) is 0.435. The molecule has 2 rings (SSSR count). The molecule has 0 amide bonds. The van der Waals surface area contributed by atoms with E-state index in [1.54, 1.807) is 30.7 Å². The molecule has 1 unspecified atom stereocenters. The van der Waals surface area contributed by atoms with Gasteiger partial charge in [-0.25, -0.2) is 9.55 Å². The van der Waals surface area contributed by atoms with Crippen molar-refractivity contribution in [2.75, 3.05) is 0 Å². The Morgan fingerprint density at radius 2 is 1.71 bits per heavy atom. The van der Waals surface area contributed by atoms with Gasteiger partial charge in [-0.05, 0) is 36.1 Å². The van der Waals surface area contributed by atoms with Crippen LogP contribution in [0.5, 0.6) is 0 Å². The number of carboxylic acids is 2. The molecule has 0 saturated carbocycles. The molecule has 152 valence electrons. The van der Waals surface area contributed by atoms with Gasteiger partial charge in [0.2, 0.25) is 6.33 Å². The highest BCUT2D eigenvalue weighted by Crippen LogP contribution is 2.19. The summed E-state index contributed by atoms with van der Waals surface area (Å²) in [6.45, 7) is 4.23. The number of nitrogens with one attached hydrogen (secondary N) is 2. The zero-order valence-electron chi connectivity index (χ0n) is 15.7. The Morgan fingerprint density at radius 3 is 2.25 bits per heavy atom. The van der Waals surface area contributed by atoms with Crippen LogP contribution < -0.4 is 9.88 Å². The summed E-state index contributed by atoms with van der Waals surface area (Å²) in [5, 5.41) is 22.8. The third-order valence-electron chi connectivity index (χ3n) is 4.24. The Balaban J connectivity index is 2.17. The predicted octanol–water partition coefficient (Wildman–Crippen LogP) is 2.74. The van der Waals surface area contributed by atoms with Gasteiger partial charge in [0.05, 0.1) is 0 Å². The predicted molar refractivity (Wildman–Crippen MR) is 106 cm³/mol. The number of aliphatic carboxylic acids is 2. The number of nitrogens with zero attached hydrogens (tertiary/aromatic N) is 1. The normalized spacial score (nSPS) is 13.5. The van der Waals surface area contributed by atoms with Crippen LogP contribution in [0.1, 0.15) is 31.5 Å². The van der Waals surface area contributed by atoms with Gasteiger partial charge in [-0.15, -0.1) is 0 Å². The largest absolute Gasteiger partial charge is 0.480 e. The molecule has 0 aliphatic heterocycles. The maximum absolute atomic E-state index is 11.7. The van der Waals surface area contributed by atoms with Gasteiger partial charge in [-0.3, -0.25) is 14.9 Å². The summed E-state index contributed by atoms with van der Waals surface area (Å²) in [5.74, 6) is -2.04. The first-order valence-electron chi connectivity index (χ1n) is 8.87. The van der Waals surface area contributed by atoms with Gasteiger partial charge in [0.15, 0.2) is 0 Å². The Labute approximate surface area is 173 Å². The maximum atomic E-state index is 11.7. The molecule has 0 spiro atoms. The maximum Gasteiger partial charge on any atom is 0.321 e. The van der Waals surface area contributed by atoms with Crippen molar-refractivity contribution < 1.29 is 24.4 Å². The van der Waals surface area contributed by atoms with Gasteiger partial charge >= 0.3 is 11.9 Å². The smallest absolute Gasteiger partial charge is 0.321 e. The van der Waals surface area contributed by atoms with E-state index in [0.717, 1.165) is 5.56 Å². The number of aromatic nitrogens is 2. The van der Waals surface area contributed by atoms with Crippen molar-refractivity contribution >= 4 is 35.1 Å². The van der Waals surface area contributed by atoms with E-state index in [1.165, 1.54) is 0 Å². The number of hydrogen-bond acceptors (Lipinski definition) is 3. The fourth-order valence-corrected chi connectivity index (χ4v) is 3.56. The summed E-state index contributed by atoms with van der Waals surface area (Å²) in [4.78, 5) is 26.2. The second-order valence-corrected chi connectivity index (χ2v) is 7.99. The fourth-order valence-electron chi connectivity index (χ4n) is 2.99. The second kappa shape index (κ2) is 9.91. The van der Waals surface area contributed by atoms with Crippen LogP contribution in [0.25, 0.3) is 0 Å². The van der Waals surface area contributed by atoms with E-state index < -0.39 is 24.0 Å². The molecule has 1 aromatic carbocycles. The summed E-state index contributed by atoms with van der Waals surface area (Å²) >= 11 is 12.1. The first kappa shape index (κ1) is 22.2. The van der Waals surface area contributed by atoms with E-state index >= 15 is 0 Å². The molecule has 1 heterocycles. The van der Waals surface area contributed by atoms with Crippen molar-refractivity contribution in [1.82, 2.24) is 10.3 Å². The van der Waals surface area contributed by atoms with Gasteiger partial charge in [0, 0.05) is 16.5 Å². The van der Waals surface area contributed by atoms with Gasteiger partial charge < -0.3 is 10.2 Å². The highest BCUT2D eigenvalue weighted by Gasteiger charge is 2.29. The van der Waals surface area contributed by atoms with Crippen molar-refractivity contribution in [2.45, 2.75) is 45.3 Å². The van der Waals surface area contributed by atoms with Gasteiger partial charge in [-0.1, -0.05) is 37.0 Å². The number of rotatable bonds is 10. The van der Waals surface area contributed by atoms with Crippen LogP contribution in [-0.2, 0) is 22.6 Å². The van der Waals surface area contributed by atoms with Crippen LogP contribution in [-0.4, -0.2) is 39.2 Å². The van der Waals surface area contributed by atoms with Gasteiger partial charge in [0.25, 0.3) is 0 Å². The lowest BCUT2D eigenvalue weighted by Crippen LogP contribution is -2.50. The number of carbonyl (C=O) groups is 2. The summed E-state index contributed by atoms with van der Waals surface area (Å²) in [6.07, 6.45) is 3.87. The Morgan fingerprint density at radius 1 is 1.11 bits per heavy atom. The molecule has 0 aliphatic carbocycles. The second-order valence-electron chi connectivity index (χ2n) is 7.12. The lowest BCUT2D eigenvalue weighted by Gasteiger charge is -2.21. The summed E-state index contributed by atoms with van der Waals surface area (Å²) in [7, 11) is 0. The van der Waals surface area contributed by atoms with Crippen molar-refractivity contribution in [1.29, 1.82) is 0 Å². The number of aromatic amines is 1. The molecule has 4 N–H and O–H groups in total. The third kappa shape index (κ3) is 6.51. The van der Waals surface area contributed by atoms with E-state index in [0.29, 0.717) is 28.7 Å². The SMILES string of the molecule is CC(C)CC(N[C@@H](Cc1c[nH]c[n+]1Cc1cc(Cl)cc(Cl)c1)C(=O)O)C(=O)O. The Hall–Kier alpha value is -2.09. The van der Waals surface area contributed by atoms with Gasteiger partial charge in [-0.2, -0.15) is 0 Å². The fraction of sp³-hybridized carbons (Fsp3) is 0.421. The minimum atomic E-state index is -1.10. The van der Waals surface area contributed by atoms with Crippen LogP contribution in [0.2, 0.25) is 10.0 Å². The molecule has 1 aromatic heterocycles. The topological polar surface area (TPSA) is 106 Å². The number of benzene rings is 1. The summed E-state index contributed by atoms with van der Waals surface area (Å²) in [5.41, 5.74) is 1.58. The molecule has 0 bridgehead atoms. The molecule has 0 aliphatic rings. The van der Waals surface area contributed by atoms with Gasteiger partial charge in [0.1, 0.15) is 30.5 Å². The standard InChI is InChI=1S/C19H23Cl2N3O4/c1-11(2)3-16(18(25)26)23-17(19(27)28)7-15-8-22-10-24(15)9-12-4-13(20)6-14(21)5-12/h4-6,8,10-11,16-17,23H,3,7,9H2,1-2H3,(H2,25,26,27,28)/p+1/t16?,17-/m0/s1. The molecular weight excluding hydrogens is 405 g/mol. The third-order valence-corrected chi connectivity index (χ3v) is 4.68. The van der Waals surface area contributed by atoms with Crippen LogP contribution >= 0.6 is 23.2 Å². The zero-order chi connectivity index (χ0) is 20.8. The van der Waals surface area contributed by atoms with E-state index in [2.05, 4.69) is 10.3 Å². The van der Waals surface area contributed by atoms with E-state index in [9.17, 15) is 19.8 Å². The van der Waals surface area contributed by atoms with Crippen molar-refractivity contribution in [3.63, 3.8) is 0 Å². The van der Waals surface area contributed by atoms with Crippen LogP contribution in [0.3, 0.4) is 0 Å². The molecule has 0 saturated heterocycles. The molecule has 7 nitrogen and oxygen atoms in total. The van der Waals surface area contributed by atoms with Crippen molar-refractivity contribution in [2.24, 2.45) is 5.92 Å². The van der Waals surface area contributed by atoms with Crippen LogP contribution in [0.15, 0.2) is 30.7 Å². The van der Waals surface area contributed by atoms with Crippen LogP contribution in [0, 0.1) is 5.92 Å². The van der Waals surface area contributed by atoms with E-state index in [-0.39, 0.29) is 12.3 Å². The Bertz CT molecular complexity index is 818. The molecule has 0 fully saturated rings. The lowest BCUT2D eigenvalue weighted by atomic mass is 10.0. The molecule has 2 aromatic rings. The number of halogens is 2. The van der Waals surface area contributed by atoms with Crippen LogP contribution in [0.4, 0.5) is 0 Å². The number of hydrogen-bond donors (Lipinski definition) is 4. The lowest BCUT2D eigenvalue weighted by molar-refractivity contribution is -0.694. The van der Waals surface area contributed by atoms with E-state index in [1.807, 2.05) is 18.4 Å². The Kier molecular flexibility index (Phi) is 7.86. The van der Waals surface area contributed by atoms with Crippen molar-refractivity contribution in [3.05, 3.63) is 52.0 Å². The summed E-state index contributed by atoms with van der Waals surface area (Å²) in [6, 6.07) is 3.24. The highest BCUT2D eigenvalue weighted by atomic mass is 35.5. The average molecular weight is 429 g/mol. The van der Waals surface area contributed by atoms with Crippen molar-refractivity contribution in [3.8, 4) is 0 Å². The number of imidazole rings is 1. The number of H-pyrrole nitrogens is 1. The minimum absolute atomic E-state index is 0.118. The number of carboxylic acid groups (broad SMARTS) is 2. The van der Waals surface area contributed by atoms with E-state index in [4.69, 9.17) is 23.2 Å². The molecule has 28 heavy (non-hydrogen) atoms.